The number of nitrogens with two attached hydrogens (primary N) is 1. The molecule has 1 amide bonds. The van der Waals surface area contributed by atoms with Crippen molar-refractivity contribution >= 4 is 23.6 Å². The van der Waals surface area contributed by atoms with Crippen LogP contribution in [0.15, 0.2) is 28.0 Å². The first-order valence-electron chi connectivity index (χ1n) is 6.36. The molecule has 2 aromatic rings. The molecule has 7 nitrogen and oxygen atoms in total. The van der Waals surface area contributed by atoms with Crippen LogP contribution in [0.5, 0.6) is 0 Å². The summed E-state index contributed by atoms with van der Waals surface area (Å²) >= 11 is 1.35. The van der Waals surface area contributed by atoms with E-state index in [2.05, 4.69) is 15.5 Å². The largest absolute Gasteiger partial charge is 0.467 e. The minimum Gasteiger partial charge on any atom is -0.467 e. The molecule has 0 saturated heterocycles. The molecule has 8 heteroatoms. The third-order valence-corrected chi connectivity index (χ3v) is 3.92. The Balaban J connectivity index is 1.50. The van der Waals surface area contributed by atoms with Crippen molar-refractivity contribution in [2.45, 2.75) is 30.6 Å². The predicted octanol–water partition coefficient (Wildman–Crippen LogP) is 1.20. The van der Waals surface area contributed by atoms with E-state index in [-0.39, 0.29) is 11.7 Å². The van der Waals surface area contributed by atoms with Crippen molar-refractivity contribution in [2.75, 3.05) is 11.5 Å². The number of carbonyl (C=O) groups excluding carboxylic acids is 1. The fourth-order valence-corrected chi connectivity index (χ4v) is 2.69. The number of thioether (sulfide) groups is 1. The van der Waals surface area contributed by atoms with E-state index >= 15 is 0 Å². The summed E-state index contributed by atoms with van der Waals surface area (Å²) in [6, 6.07) is 4.01. The molecule has 1 aliphatic carbocycles. The average molecular weight is 293 g/mol. The van der Waals surface area contributed by atoms with E-state index in [1.54, 1.807) is 12.3 Å². The van der Waals surface area contributed by atoms with Crippen molar-refractivity contribution in [3.63, 3.8) is 0 Å². The van der Waals surface area contributed by atoms with Crippen molar-refractivity contribution in [3.8, 4) is 0 Å². The van der Waals surface area contributed by atoms with E-state index in [9.17, 15) is 4.79 Å². The van der Waals surface area contributed by atoms with Crippen LogP contribution in [0.25, 0.3) is 0 Å². The van der Waals surface area contributed by atoms with E-state index in [0.717, 1.165) is 18.6 Å². The lowest BCUT2D eigenvalue weighted by atomic mass is 10.4. The van der Waals surface area contributed by atoms with Gasteiger partial charge in [-0.2, -0.15) is 0 Å². The molecule has 1 fully saturated rings. The number of anilines is 1. The summed E-state index contributed by atoms with van der Waals surface area (Å²) in [6.45, 7) is 0.393. The second kappa shape index (κ2) is 5.58. The van der Waals surface area contributed by atoms with Gasteiger partial charge in [-0.25, -0.2) is 0 Å². The summed E-state index contributed by atoms with van der Waals surface area (Å²) in [7, 11) is 0. The Labute approximate surface area is 119 Å². The molecule has 1 saturated carbocycles. The van der Waals surface area contributed by atoms with Crippen LogP contribution in [0.2, 0.25) is 0 Å². The van der Waals surface area contributed by atoms with E-state index in [0.29, 0.717) is 23.7 Å². The molecule has 0 aliphatic heterocycles. The molecule has 2 aromatic heterocycles. The topological polar surface area (TPSA) is 99.0 Å². The number of nitrogens with one attached hydrogen (secondary N) is 1. The van der Waals surface area contributed by atoms with Crippen molar-refractivity contribution in [2.24, 2.45) is 0 Å². The zero-order valence-electron chi connectivity index (χ0n) is 10.8. The van der Waals surface area contributed by atoms with Crippen LogP contribution in [0.1, 0.15) is 24.6 Å². The summed E-state index contributed by atoms with van der Waals surface area (Å²) < 4.78 is 7.05. The van der Waals surface area contributed by atoms with Crippen molar-refractivity contribution in [3.05, 3.63) is 24.2 Å². The number of amides is 1. The minimum atomic E-state index is -0.0738. The third-order valence-electron chi connectivity index (χ3n) is 2.98. The molecule has 0 atom stereocenters. The molecule has 0 bridgehead atoms. The Morgan fingerprint density at radius 2 is 2.40 bits per heavy atom. The van der Waals surface area contributed by atoms with Gasteiger partial charge in [0.2, 0.25) is 11.9 Å². The van der Waals surface area contributed by atoms with Gasteiger partial charge < -0.3 is 15.5 Å². The number of nitrogens with zero attached hydrogens (tertiary/aromatic N) is 3. The summed E-state index contributed by atoms with van der Waals surface area (Å²) in [5.74, 6) is 1.36. The molecule has 0 unspecified atom stereocenters. The lowest BCUT2D eigenvalue weighted by molar-refractivity contribution is -0.118. The van der Waals surface area contributed by atoms with Crippen molar-refractivity contribution in [1.29, 1.82) is 0 Å². The summed E-state index contributed by atoms with van der Waals surface area (Å²) in [5.41, 5.74) is 5.77. The lowest BCUT2D eigenvalue weighted by Crippen LogP contribution is -2.24. The smallest absolute Gasteiger partial charge is 0.230 e. The predicted molar refractivity (Wildman–Crippen MR) is 74.0 cm³/mol. The molecule has 0 spiro atoms. The normalized spacial score (nSPS) is 14.4. The van der Waals surface area contributed by atoms with Gasteiger partial charge in [0.25, 0.3) is 0 Å². The van der Waals surface area contributed by atoms with E-state index in [4.69, 9.17) is 10.2 Å². The van der Waals surface area contributed by atoms with Crippen LogP contribution >= 0.6 is 11.8 Å². The highest BCUT2D eigenvalue weighted by molar-refractivity contribution is 7.99. The molecule has 3 N–H and O–H groups in total. The first-order valence-corrected chi connectivity index (χ1v) is 7.35. The van der Waals surface area contributed by atoms with Crippen LogP contribution in [0, 0.1) is 0 Å². The molecule has 2 heterocycles. The molecule has 20 heavy (non-hydrogen) atoms. The molecule has 0 aromatic carbocycles. The first kappa shape index (κ1) is 13.0. The van der Waals surface area contributed by atoms with Crippen LogP contribution in [-0.2, 0) is 11.3 Å². The number of aromatic nitrogens is 3. The Bertz CT molecular complexity index is 591. The highest BCUT2D eigenvalue weighted by atomic mass is 32.2. The Morgan fingerprint density at radius 1 is 1.55 bits per heavy atom. The molecule has 106 valence electrons. The van der Waals surface area contributed by atoms with Crippen LogP contribution < -0.4 is 11.1 Å². The summed E-state index contributed by atoms with van der Waals surface area (Å²) in [6.07, 6.45) is 3.78. The number of hydrogen-bond acceptors (Lipinski definition) is 6. The number of hydrogen-bond donors (Lipinski definition) is 2. The highest BCUT2D eigenvalue weighted by Gasteiger charge is 2.29. The number of rotatable bonds is 6. The monoisotopic (exact) mass is 293 g/mol. The average Bonchev–Trinajstić information content (AvgIpc) is 3.00. The molecular formula is C12H15N5O2S. The maximum atomic E-state index is 11.8. The molecule has 3 rings (SSSR count). The Morgan fingerprint density at radius 3 is 3.10 bits per heavy atom. The maximum Gasteiger partial charge on any atom is 0.230 e. The zero-order valence-corrected chi connectivity index (χ0v) is 11.6. The first-order chi connectivity index (χ1) is 9.74. The SMILES string of the molecule is Nc1nnc(SCC(=O)NCc2ccco2)n1C1CC1. The standard InChI is InChI=1S/C12H15N5O2S/c13-11-15-16-12(17(11)8-3-4-8)20-7-10(18)14-6-9-2-1-5-19-9/h1-2,5,8H,3-4,6-7H2,(H2,13,15)(H,14,18). The van der Waals surface area contributed by atoms with Gasteiger partial charge in [-0.05, 0) is 25.0 Å². The van der Waals surface area contributed by atoms with Gasteiger partial charge in [0.05, 0.1) is 18.6 Å². The highest BCUT2D eigenvalue weighted by Crippen LogP contribution is 2.39. The van der Waals surface area contributed by atoms with Crippen LogP contribution in [0.3, 0.4) is 0 Å². The maximum absolute atomic E-state index is 11.8. The van der Waals surface area contributed by atoms with Gasteiger partial charge in [-0.1, -0.05) is 11.8 Å². The third kappa shape index (κ3) is 2.96. The van der Waals surface area contributed by atoms with E-state index in [1.165, 1.54) is 11.8 Å². The van der Waals surface area contributed by atoms with Gasteiger partial charge in [0, 0.05) is 6.04 Å². The van der Waals surface area contributed by atoms with Gasteiger partial charge in [0.15, 0.2) is 5.16 Å². The van der Waals surface area contributed by atoms with Gasteiger partial charge in [0.1, 0.15) is 5.76 Å². The van der Waals surface area contributed by atoms with Gasteiger partial charge in [-0.3, -0.25) is 9.36 Å². The van der Waals surface area contributed by atoms with Crippen LogP contribution in [-0.4, -0.2) is 26.4 Å². The van der Waals surface area contributed by atoms with Crippen molar-refractivity contribution < 1.29 is 9.21 Å². The fourth-order valence-electron chi connectivity index (χ4n) is 1.84. The summed E-state index contributed by atoms with van der Waals surface area (Å²) in [4.78, 5) is 11.8. The second-order valence-corrected chi connectivity index (χ2v) is 5.53. The van der Waals surface area contributed by atoms with Gasteiger partial charge >= 0.3 is 0 Å². The second-order valence-electron chi connectivity index (χ2n) is 4.59. The Kier molecular flexibility index (Phi) is 3.64. The van der Waals surface area contributed by atoms with E-state index in [1.807, 2.05) is 10.6 Å². The number of nitrogen functional groups attached to an aromatic ring is 1. The van der Waals surface area contributed by atoms with Crippen molar-refractivity contribution in [1.82, 2.24) is 20.1 Å². The molecular weight excluding hydrogens is 278 g/mol. The zero-order chi connectivity index (χ0) is 13.9. The van der Waals surface area contributed by atoms with Crippen LogP contribution in [0.4, 0.5) is 5.95 Å². The number of carbonyl (C=O) groups is 1. The quantitative estimate of drug-likeness (QED) is 0.776. The van der Waals surface area contributed by atoms with Gasteiger partial charge in [-0.15, -0.1) is 10.2 Å². The molecule has 1 aliphatic rings. The fraction of sp³-hybridized carbons (Fsp3) is 0.417. The minimum absolute atomic E-state index is 0.0738. The molecule has 0 radical (unpaired) electrons. The van der Waals surface area contributed by atoms with E-state index < -0.39 is 0 Å². The Hall–Kier alpha value is -1.96. The lowest BCUT2D eigenvalue weighted by Gasteiger charge is -2.06. The number of furan rings is 1. The summed E-state index contributed by atoms with van der Waals surface area (Å²) in [5, 5.41) is 11.4.